The van der Waals surface area contributed by atoms with Gasteiger partial charge in [0.2, 0.25) is 0 Å². The smallest absolute Gasteiger partial charge is 0.0603 e. The SMILES string of the molecule is CC(C)CC[C@]1(CCNCCN(C)C)CCO[C@H](C(C)C)C1. The maximum absolute atomic E-state index is 6.03. The minimum Gasteiger partial charge on any atom is -0.378 e. The number of rotatable bonds is 10. The largest absolute Gasteiger partial charge is 0.378 e. The molecule has 1 fully saturated rings. The Morgan fingerprint density at radius 3 is 2.45 bits per heavy atom. The molecule has 0 aliphatic carbocycles. The van der Waals surface area contributed by atoms with Crippen LogP contribution >= 0.6 is 0 Å². The summed E-state index contributed by atoms with van der Waals surface area (Å²) in [6.07, 6.45) is 6.99. The average Bonchev–Trinajstić information content (AvgIpc) is 2.45. The predicted octanol–water partition coefficient (Wildman–Crippen LogP) is 3.79. The van der Waals surface area contributed by atoms with E-state index in [1.807, 2.05) is 0 Å². The van der Waals surface area contributed by atoms with E-state index in [9.17, 15) is 0 Å². The van der Waals surface area contributed by atoms with Crippen molar-refractivity contribution >= 4 is 0 Å². The molecule has 1 N–H and O–H groups in total. The fourth-order valence-electron chi connectivity index (χ4n) is 3.40. The topological polar surface area (TPSA) is 24.5 Å². The highest BCUT2D eigenvalue weighted by Crippen LogP contribution is 2.43. The molecule has 3 nitrogen and oxygen atoms in total. The van der Waals surface area contributed by atoms with Gasteiger partial charge < -0.3 is 15.0 Å². The van der Waals surface area contributed by atoms with Crippen LogP contribution in [0.15, 0.2) is 0 Å². The number of likely N-dealkylation sites (N-methyl/N-ethyl adjacent to an activating group) is 1. The summed E-state index contributed by atoms with van der Waals surface area (Å²) >= 11 is 0. The maximum atomic E-state index is 6.03. The van der Waals surface area contributed by atoms with Crippen molar-refractivity contribution in [3.63, 3.8) is 0 Å². The summed E-state index contributed by atoms with van der Waals surface area (Å²) in [4.78, 5) is 2.24. The second-order valence-corrected chi connectivity index (χ2v) is 8.34. The lowest BCUT2D eigenvalue weighted by Crippen LogP contribution is -2.40. The summed E-state index contributed by atoms with van der Waals surface area (Å²) < 4.78 is 6.03. The fourth-order valence-corrected chi connectivity index (χ4v) is 3.40. The molecule has 0 spiro atoms. The van der Waals surface area contributed by atoms with Gasteiger partial charge in [-0.2, -0.15) is 0 Å². The van der Waals surface area contributed by atoms with Gasteiger partial charge in [-0.25, -0.2) is 0 Å². The zero-order chi connectivity index (χ0) is 16.6. The van der Waals surface area contributed by atoms with Crippen molar-refractivity contribution in [1.82, 2.24) is 10.2 Å². The molecular formula is C19H40N2O. The van der Waals surface area contributed by atoms with Crippen LogP contribution in [0.2, 0.25) is 0 Å². The van der Waals surface area contributed by atoms with Crippen LogP contribution in [0.3, 0.4) is 0 Å². The molecule has 0 aromatic heterocycles. The number of ether oxygens (including phenoxy) is 1. The van der Waals surface area contributed by atoms with Crippen molar-refractivity contribution in [3.8, 4) is 0 Å². The zero-order valence-electron chi connectivity index (χ0n) is 16.0. The molecule has 0 radical (unpaired) electrons. The third-order valence-corrected chi connectivity index (χ3v) is 5.16. The van der Waals surface area contributed by atoms with E-state index in [4.69, 9.17) is 4.74 Å². The molecule has 1 rings (SSSR count). The monoisotopic (exact) mass is 312 g/mol. The van der Waals surface area contributed by atoms with Crippen LogP contribution in [0.4, 0.5) is 0 Å². The molecule has 132 valence electrons. The molecule has 3 heteroatoms. The zero-order valence-corrected chi connectivity index (χ0v) is 16.0. The first kappa shape index (κ1) is 19.9. The van der Waals surface area contributed by atoms with Gasteiger partial charge >= 0.3 is 0 Å². The molecular weight excluding hydrogens is 272 g/mol. The Morgan fingerprint density at radius 1 is 1.14 bits per heavy atom. The molecule has 1 heterocycles. The minimum atomic E-state index is 0.461. The first-order valence-corrected chi connectivity index (χ1v) is 9.32. The van der Waals surface area contributed by atoms with Crippen molar-refractivity contribution in [1.29, 1.82) is 0 Å². The van der Waals surface area contributed by atoms with E-state index in [-0.39, 0.29) is 0 Å². The highest BCUT2D eigenvalue weighted by atomic mass is 16.5. The molecule has 0 unspecified atom stereocenters. The molecule has 0 saturated carbocycles. The van der Waals surface area contributed by atoms with Gasteiger partial charge in [0.05, 0.1) is 6.10 Å². The fraction of sp³-hybridized carbons (Fsp3) is 1.00. The lowest BCUT2D eigenvalue weighted by molar-refractivity contribution is -0.0761. The van der Waals surface area contributed by atoms with Crippen LogP contribution in [-0.4, -0.2) is 51.3 Å². The van der Waals surface area contributed by atoms with E-state index in [1.165, 1.54) is 32.1 Å². The Morgan fingerprint density at radius 2 is 1.86 bits per heavy atom. The Kier molecular flexibility index (Phi) is 8.96. The molecule has 2 atom stereocenters. The van der Waals surface area contributed by atoms with Crippen molar-refractivity contribution in [2.45, 2.75) is 65.9 Å². The van der Waals surface area contributed by atoms with Crippen molar-refractivity contribution < 1.29 is 4.74 Å². The first-order valence-electron chi connectivity index (χ1n) is 9.32. The minimum absolute atomic E-state index is 0.461. The van der Waals surface area contributed by atoms with Gasteiger partial charge in [0.15, 0.2) is 0 Å². The number of nitrogens with one attached hydrogen (secondary N) is 1. The number of hydrogen-bond acceptors (Lipinski definition) is 3. The predicted molar refractivity (Wildman–Crippen MR) is 96.4 cm³/mol. The van der Waals surface area contributed by atoms with Gasteiger partial charge in [0, 0.05) is 19.7 Å². The van der Waals surface area contributed by atoms with Crippen LogP contribution in [0.1, 0.15) is 59.8 Å². The molecule has 0 bridgehead atoms. The van der Waals surface area contributed by atoms with E-state index in [0.717, 1.165) is 32.2 Å². The number of hydrogen-bond donors (Lipinski definition) is 1. The van der Waals surface area contributed by atoms with Gasteiger partial charge in [0.25, 0.3) is 0 Å². The summed E-state index contributed by atoms with van der Waals surface area (Å²) in [6.45, 7) is 13.6. The molecule has 1 aliphatic rings. The molecule has 1 saturated heterocycles. The van der Waals surface area contributed by atoms with E-state index < -0.39 is 0 Å². The third-order valence-electron chi connectivity index (χ3n) is 5.16. The lowest BCUT2D eigenvalue weighted by Gasteiger charge is -2.43. The first-order chi connectivity index (χ1) is 10.3. The Bertz CT molecular complexity index is 291. The van der Waals surface area contributed by atoms with E-state index in [1.54, 1.807) is 0 Å². The van der Waals surface area contributed by atoms with Crippen LogP contribution in [0.5, 0.6) is 0 Å². The van der Waals surface area contributed by atoms with Crippen LogP contribution in [0, 0.1) is 17.3 Å². The second kappa shape index (κ2) is 9.89. The average molecular weight is 313 g/mol. The molecule has 0 aromatic rings. The van der Waals surface area contributed by atoms with E-state index in [0.29, 0.717) is 17.4 Å². The van der Waals surface area contributed by atoms with Crippen LogP contribution < -0.4 is 5.32 Å². The summed E-state index contributed by atoms with van der Waals surface area (Å²) in [5.74, 6) is 1.44. The summed E-state index contributed by atoms with van der Waals surface area (Å²) in [6, 6.07) is 0. The summed E-state index contributed by atoms with van der Waals surface area (Å²) in [5.41, 5.74) is 0.503. The Labute approximate surface area is 139 Å². The molecule has 0 aromatic carbocycles. The van der Waals surface area contributed by atoms with Gasteiger partial charge in [-0.15, -0.1) is 0 Å². The molecule has 1 aliphatic heterocycles. The Hall–Kier alpha value is -0.120. The normalized spacial score (nSPS) is 26.3. The highest BCUT2D eigenvalue weighted by Gasteiger charge is 2.37. The second-order valence-electron chi connectivity index (χ2n) is 8.34. The van der Waals surface area contributed by atoms with Crippen molar-refractivity contribution in [3.05, 3.63) is 0 Å². The molecule has 22 heavy (non-hydrogen) atoms. The van der Waals surface area contributed by atoms with Crippen LogP contribution in [0.25, 0.3) is 0 Å². The quantitative estimate of drug-likeness (QED) is 0.621. The summed E-state index contributed by atoms with van der Waals surface area (Å²) in [7, 11) is 4.27. The lowest BCUT2D eigenvalue weighted by atomic mass is 9.69. The van der Waals surface area contributed by atoms with Gasteiger partial charge in [-0.05, 0) is 63.6 Å². The van der Waals surface area contributed by atoms with E-state index >= 15 is 0 Å². The maximum Gasteiger partial charge on any atom is 0.0603 e. The third kappa shape index (κ3) is 7.43. The van der Waals surface area contributed by atoms with Crippen molar-refractivity contribution in [2.75, 3.05) is 40.3 Å². The van der Waals surface area contributed by atoms with Crippen LogP contribution in [-0.2, 0) is 4.74 Å². The molecule has 0 amide bonds. The van der Waals surface area contributed by atoms with Gasteiger partial charge in [-0.1, -0.05) is 34.1 Å². The summed E-state index contributed by atoms with van der Waals surface area (Å²) in [5, 5.41) is 3.64. The number of nitrogens with zero attached hydrogens (tertiary/aromatic N) is 1. The van der Waals surface area contributed by atoms with Gasteiger partial charge in [-0.3, -0.25) is 0 Å². The van der Waals surface area contributed by atoms with E-state index in [2.05, 4.69) is 52.0 Å². The standard InChI is InChI=1S/C19H40N2O/c1-16(2)7-8-19(9-11-20-12-13-21(5)6)10-14-22-18(15-19)17(3)4/h16-18,20H,7-15H2,1-6H3/t18-,19-/m0/s1. The van der Waals surface area contributed by atoms with Gasteiger partial charge in [0.1, 0.15) is 0 Å². The highest BCUT2D eigenvalue weighted by molar-refractivity contribution is 4.88. The van der Waals surface area contributed by atoms with Crippen molar-refractivity contribution in [2.24, 2.45) is 17.3 Å². The Balaban J connectivity index is 2.50.